The highest BCUT2D eigenvalue weighted by atomic mass is 32.2. The zero-order valence-electron chi connectivity index (χ0n) is 11.4. The van der Waals surface area contributed by atoms with Crippen molar-refractivity contribution >= 4 is 10.0 Å². The second-order valence-electron chi connectivity index (χ2n) is 3.96. The van der Waals surface area contributed by atoms with Crippen LogP contribution < -0.4 is 10.0 Å². The molecule has 0 saturated heterocycles. The van der Waals surface area contributed by atoms with Gasteiger partial charge < -0.3 is 10.1 Å². The van der Waals surface area contributed by atoms with E-state index >= 15 is 0 Å². The summed E-state index contributed by atoms with van der Waals surface area (Å²) >= 11 is 0. The minimum atomic E-state index is -4.03. The van der Waals surface area contributed by atoms with Gasteiger partial charge in [-0.1, -0.05) is 0 Å². The van der Waals surface area contributed by atoms with E-state index in [-0.39, 0.29) is 25.3 Å². The van der Waals surface area contributed by atoms with Crippen LogP contribution >= 0.6 is 0 Å². The van der Waals surface area contributed by atoms with Gasteiger partial charge in [0.15, 0.2) is 5.82 Å². The summed E-state index contributed by atoms with van der Waals surface area (Å²) < 4.78 is 58.6. The van der Waals surface area contributed by atoms with Crippen molar-refractivity contribution in [2.24, 2.45) is 0 Å². The standard InChI is InChI=1S/C12H18F2N2O3S/c1-3-19-7-6-16-20(17,18)11-5-4-10(13)9(8-15-2)12(11)14/h4-5,15-16H,3,6-8H2,1-2H3. The molecular weight excluding hydrogens is 290 g/mol. The molecule has 0 spiro atoms. The van der Waals surface area contributed by atoms with Crippen molar-refractivity contribution < 1.29 is 21.9 Å². The Morgan fingerprint density at radius 2 is 2.00 bits per heavy atom. The lowest BCUT2D eigenvalue weighted by molar-refractivity contribution is 0.153. The smallest absolute Gasteiger partial charge is 0.243 e. The van der Waals surface area contributed by atoms with Crippen molar-refractivity contribution in [2.45, 2.75) is 18.4 Å². The largest absolute Gasteiger partial charge is 0.380 e. The molecule has 0 aliphatic rings. The molecule has 0 atom stereocenters. The Morgan fingerprint density at radius 3 is 2.60 bits per heavy atom. The normalized spacial score (nSPS) is 11.8. The molecular formula is C12H18F2N2O3S. The monoisotopic (exact) mass is 308 g/mol. The molecule has 0 fully saturated rings. The molecule has 0 amide bonds. The summed E-state index contributed by atoms with van der Waals surface area (Å²) in [6.07, 6.45) is 0. The highest BCUT2D eigenvalue weighted by Gasteiger charge is 2.22. The van der Waals surface area contributed by atoms with Gasteiger partial charge in [0.2, 0.25) is 10.0 Å². The van der Waals surface area contributed by atoms with Gasteiger partial charge in [-0.15, -0.1) is 0 Å². The third-order valence-electron chi connectivity index (χ3n) is 2.54. The van der Waals surface area contributed by atoms with Crippen molar-refractivity contribution in [3.8, 4) is 0 Å². The molecule has 20 heavy (non-hydrogen) atoms. The van der Waals surface area contributed by atoms with Gasteiger partial charge in [-0.2, -0.15) is 0 Å². The van der Waals surface area contributed by atoms with E-state index in [2.05, 4.69) is 10.0 Å². The summed E-state index contributed by atoms with van der Waals surface area (Å²) in [7, 11) is -2.51. The summed E-state index contributed by atoms with van der Waals surface area (Å²) in [6.45, 7) is 2.34. The Morgan fingerprint density at radius 1 is 1.30 bits per heavy atom. The third kappa shape index (κ3) is 4.20. The predicted molar refractivity (Wildman–Crippen MR) is 70.8 cm³/mol. The molecule has 1 rings (SSSR count). The molecule has 5 nitrogen and oxygen atoms in total. The Kier molecular flexibility index (Phi) is 6.47. The molecule has 0 bridgehead atoms. The topological polar surface area (TPSA) is 67.4 Å². The van der Waals surface area contributed by atoms with Gasteiger partial charge in [0.1, 0.15) is 10.7 Å². The van der Waals surface area contributed by atoms with Crippen LogP contribution in [0.25, 0.3) is 0 Å². The number of sulfonamides is 1. The summed E-state index contributed by atoms with van der Waals surface area (Å²) in [5.41, 5.74) is -0.305. The van der Waals surface area contributed by atoms with E-state index in [0.717, 1.165) is 12.1 Å². The van der Waals surface area contributed by atoms with Crippen LogP contribution in [0.4, 0.5) is 8.78 Å². The Balaban J connectivity index is 2.97. The van der Waals surface area contributed by atoms with Crippen molar-refractivity contribution in [3.05, 3.63) is 29.3 Å². The van der Waals surface area contributed by atoms with E-state index in [1.165, 1.54) is 7.05 Å². The minimum absolute atomic E-state index is 0.0222. The number of ether oxygens (including phenoxy) is 1. The van der Waals surface area contributed by atoms with Gasteiger partial charge >= 0.3 is 0 Å². The maximum Gasteiger partial charge on any atom is 0.243 e. The van der Waals surface area contributed by atoms with Gasteiger partial charge in [0, 0.05) is 25.3 Å². The average molecular weight is 308 g/mol. The third-order valence-corrected chi connectivity index (χ3v) is 4.01. The van der Waals surface area contributed by atoms with Gasteiger partial charge in [-0.3, -0.25) is 0 Å². The number of nitrogens with one attached hydrogen (secondary N) is 2. The zero-order valence-corrected chi connectivity index (χ0v) is 12.2. The molecule has 0 saturated carbocycles. The van der Waals surface area contributed by atoms with Crippen LogP contribution in [0.5, 0.6) is 0 Å². The molecule has 1 aromatic rings. The maximum absolute atomic E-state index is 14.1. The number of hydrogen-bond acceptors (Lipinski definition) is 4. The van der Waals surface area contributed by atoms with E-state index in [1.807, 2.05) is 0 Å². The average Bonchev–Trinajstić information content (AvgIpc) is 2.39. The summed E-state index contributed by atoms with van der Waals surface area (Å²) in [5.74, 6) is -1.87. The van der Waals surface area contributed by atoms with Crippen LogP contribution in [-0.2, 0) is 21.3 Å². The second-order valence-corrected chi connectivity index (χ2v) is 5.70. The van der Waals surface area contributed by atoms with Crippen molar-refractivity contribution in [3.63, 3.8) is 0 Å². The maximum atomic E-state index is 14.1. The summed E-state index contributed by atoms with van der Waals surface area (Å²) in [4.78, 5) is -0.569. The first-order valence-corrected chi connectivity index (χ1v) is 7.61. The fourth-order valence-electron chi connectivity index (χ4n) is 1.59. The SMILES string of the molecule is CCOCCNS(=O)(=O)c1ccc(F)c(CNC)c1F. The van der Waals surface area contributed by atoms with Gasteiger partial charge in [-0.05, 0) is 26.1 Å². The van der Waals surface area contributed by atoms with Crippen LogP contribution in [-0.4, -0.2) is 35.2 Å². The van der Waals surface area contributed by atoms with Crippen molar-refractivity contribution in [1.82, 2.24) is 10.0 Å². The van der Waals surface area contributed by atoms with Crippen LogP contribution in [0.15, 0.2) is 17.0 Å². The lowest BCUT2D eigenvalue weighted by Gasteiger charge is -2.11. The minimum Gasteiger partial charge on any atom is -0.380 e. The van der Waals surface area contributed by atoms with E-state index in [0.29, 0.717) is 6.61 Å². The van der Waals surface area contributed by atoms with Gasteiger partial charge in [0.05, 0.1) is 6.61 Å². The van der Waals surface area contributed by atoms with Crippen molar-refractivity contribution in [2.75, 3.05) is 26.8 Å². The predicted octanol–water partition coefficient (Wildman–Crippen LogP) is 0.999. The molecule has 2 N–H and O–H groups in total. The number of rotatable bonds is 8. The van der Waals surface area contributed by atoms with Crippen LogP contribution in [0.2, 0.25) is 0 Å². The second kappa shape index (κ2) is 7.63. The molecule has 1 aromatic carbocycles. The Hall–Kier alpha value is -1.09. The van der Waals surface area contributed by atoms with E-state index in [4.69, 9.17) is 4.74 Å². The molecule has 0 heterocycles. The number of benzene rings is 1. The highest BCUT2D eigenvalue weighted by molar-refractivity contribution is 7.89. The van der Waals surface area contributed by atoms with E-state index in [1.54, 1.807) is 6.92 Å². The first-order chi connectivity index (χ1) is 9.44. The molecule has 0 unspecified atom stereocenters. The number of halogens is 2. The fraction of sp³-hybridized carbons (Fsp3) is 0.500. The first-order valence-electron chi connectivity index (χ1n) is 6.13. The lowest BCUT2D eigenvalue weighted by atomic mass is 10.2. The van der Waals surface area contributed by atoms with E-state index in [9.17, 15) is 17.2 Å². The molecule has 0 aliphatic carbocycles. The highest BCUT2D eigenvalue weighted by Crippen LogP contribution is 2.20. The quantitative estimate of drug-likeness (QED) is 0.703. The summed E-state index contributed by atoms with van der Waals surface area (Å²) in [6, 6.07) is 1.85. The number of hydrogen-bond donors (Lipinski definition) is 2. The first kappa shape index (κ1) is 17.0. The Bertz CT molecular complexity index is 550. The molecule has 0 radical (unpaired) electrons. The Labute approximate surface area is 117 Å². The molecule has 114 valence electrons. The zero-order chi connectivity index (χ0) is 15.2. The van der Waals surface area contributed by atoms with E-state index < -0.39 is 26.6 Å². The fourth-order valence-corrected chi connectivity index (χ4v) is 2.71. The molecule has 0 aromatic heterocycles. The van der Waals surface area contributed by atoms with Crippen LogP contribution in [0.1, 0.15) is 12.5 Å². The molecule has 8 heteroatoms. The van der Waals surface area contributed by atoms with Crippen LogP contribution in [0, 0.1) is 11.6 Å². The lowest BCUT2D eigenvalue weighted by Crippen LogP contribution is -2.28. The van der Waals surface area contributed by atoms with Crippen LogP contribution in [0.3, 0.4) is 0 Å². The molecule has 0 aliphatic heterocycles. The van der Waals surface area contributed by atoms with Gasteiger partial charge in [-0.25, -0.2) is 21.9 Å². The van der Waals surface area contributed by atoms with Gasteiger partial charge in [0.25, 0.3) is 0 Å². The van der Waals surface area contributed by atoms with Crippen molar-refractivity contribution in [1.29, 1.82) is 0 Å². The summed E-state index contributed by atoms with van der Waals surface area (Å²) in [5, 5.41) is 2.59.